The van der Waals surface area contributed by atoms with Crippen LogP contribution in [-0.4, -0.2) is 11.2 Å². The van der Waals surface area contributed by atoms with Crippen molar-refractivity contribution >= 4 is 0 Å². The fraction of sp³-hybridized carbons (Fsp3) is 0.714. The molecule has 1 N–H and O–H groups in total. The summed E-state index contributed by atoms with van der Waals surface area (Å²) in [6.45, 7) is 6.70. The summed E-state index contributed by atoms with van der Waals surface area (Å²) >= 11 is 0. The second-order valence-corrected chi connectivity index (χ2v) is 5.26. The first kappa shape index (κ1) is 10.9. The molecule has 5 atom stereocenters. The van der Waals surface area contributed by atoms with Crippen LogP contribution in [0.15, 0.2) is 23.8 Å². The third-order valence-corrected chi connectivity index (χ3v) is 4.09. The smallest absolute Gasteiger partial charge is 0.0617 e. The minimum Gasteiger partial charge on any atom is -0.392 e. The van der Waals surface area contributed by atoms with E-state index in [0.717, 1.165) is 6.42 Å². The minimum absolute atomic E-state index is 0.127. The fourth-order valence-corrected chi connectivity index (χ4v) is 3.31. The molecule has 0 aromatic rings. The van der Waals surface area contributed by atoms with E-state index in [4.69, 9.17) is 0 Å². The van der Waals surface area contributed by atoms with Gasteiger partial charge in [-0.3, -0.25) is 0 Å². The molecule has 2 aliphatic carbocycles. The Kier molecular flexibility index (Phi) is 3.01. The molecule has 1 nitrogen and oxygen atoms in total. The summed E-state index contributed by atoms with van der Waals surface area (Å²) in [5.41, 5.74) is 1.38. The van der Waals surface area contributed by atoms with Gasteiger partial charge in [-0.2, -0.15) is 0 Å². The van der Waals surface area contributed by atoms with Crippen molar-refractivity contribution in [2.75, 3.05) is 0 Å². The highest BCUT2D eigenvalue weighted by Crippen LogP contribution is 2.42. The molecule has 0 aromatic heterocycles. The third-order valence-electron chi connectivity index (χ3n) is 4.09. The zero-order valence-corrected chi connectivity index (χ0v) is 9.98. The molecule has 0 aliphatic heterocycles. The van der Waals surface area contributed by atoms with Crippen LogP contribution in [0.25, 0.3) is 0 Å². The summed E-state index contributed by atoms with van der Waals surface area (Å²) in [5, 5.41) is 10.2. The van der Waals surface area contributed by atoms with E-state index in [1.165, 1.54) is 12.0 Å². The first-order valence-electron chi connectivity index (χ1n) is 6.21. The molecule has 0 bridgehead atoms. The predicted octanol–water partition coefficient (Wildman–Crippen LogP) is 3.16. The monoisotopic (exact) mass is 206 g/mol. The Hall–Kier alpha value is -0.560. The lowest BCUT2D eigenvalue weighted by molar-refractivity contribution is 0.0550. The topological polar surface area (TPSA) is 20.2 Å². The van der Waals surface area contributed by atoms with Crippen molar-refractivity contribution in [2.24, 2.45) is 23.7 Å². The highest BCUT2D eigenvalue weighted by Gasteiger charge is 2.37. The van der Waals surface area contributed by atoms with E-state index in [2.05, 4.69) is 39.0 Å². The summed E-state index contributed by atoms with van der Waals surface area (Å²) in [6, 6.07) is 0. The number of aliphatic hydroxyl groups excluding tert-OH is 1. The zero-order chi connectivity index (χ0) is 11.0. The molecule has 15 heavy (non-hydrogen) atoms. The van der Waals surface area contributed by atoms with Gasteiger partial charge in [0.2, 0.25) is 0 Å². The van der Waals surface area contributed by atoms with Gasteiger partial charge in [-0.05, 0) is 29.7 Å². The SMILES string of the molecule is CC[C@H]1C(C)C=CC2=C[C@H](C)C[C@H](O)[C@@H]21. The molecule has 1 heteroatoms. The maximum atomic E-state index is 10.2. The largest absolute Gasteiger partial charge is 0.392 e. The molecular weight excluding hydrogens is 184 g/mol. The van der Waals surface area contributed by atoms with Crippen LogP contribution >= 0.6 is 0 Å². The van der Waals surface area contributed by atoms with Gasteiger partial charge in [0.1, 0.15) is 0 Å². The van der Waals surface area contributed by atoms with Crippen LogP contribution in [-0.2, 0) is 0 Å². The standard InChI is InChI=1S/C14H22O/c1-4-12-10(3)5-6-11-7-9(2)8-13(15)14(11)12/h5-7,9-10,12-15H,4,8H2,1-3H3/t9-,10?,12-,13-,14-/m0/s1. The maximum absolute atomic E-state index is 10.2. The van der Waals surface area contributed by atoms with Gasteiger partial charge in [0.05, 0.1) is 6.10 Å². The van der Waals surface area contributed by atoms with Crippen LogP contribution in [0.1, 0.15) is 33.6 Å². The Bertz CT molecular complexity index is 290. The zero-order valence-electron chi connectivity index (χ0n) is 9.98. The van der Waals surface area contributed by atoms with Gasteiger partial charge in [-0.1, -0.05) is 45.4 Å². The molecule has 0 heterocycles. The van der Waals surface area contributed by atoms with E-state index in [0.29, 0.717) is 23.7 Å². The van der Waals surface area contributed by atoms with Gasteiger partial charge in [0, 0.05) is 5.92 Å². The van der Waals surface area contributed by atoms with E-state index >= 15 is 0 Å². The number of allylic oxidation sites excluding steroid dienone is 3. The number of rotatable bonds is 1. The van der Waals surface area contributed by atoms with Crippen LogP contribution in [0.5, 0.6) is 0 Å². The number of hydrogen-bond donors (Lipinski definition) is 1. The van der Waals surface area contributed by atoms with Crippen molar-refractivity contribution in [1.29, 1.82) is 0 Å². The third kappa shape index (κ3) is 1.90. The summed E-state index contributed by atoms with van der Waals surface area (Å²) in [5.74, 6) is 2.16. The number of hydrogen-bond acceptors (Lipinski definition) is 1. The molecule has 0 aromatic carbocycles. The van der Waals surface area contributed by atoms with E-state index < -0.39 is 0 Å². The number of aliphatic hydroxyl groups is 1. The van der Waals surface area contributed by atoms with E-state index in [9.17, 15) is 5.11 Å². The van der Waals surface area contributed by atoms with Gasteiger partial charge < -0.3 is 5.11 Å². The Morgan fingerprint density at radius 1 is 1.40 bits per heavy atom. The lowest BCUT2D eigenvalue weighted by atomic mass is 9.66. The highest BCUT2D eigenvalue weighted by atomic mass is 16.3. The predicted molar refractivity (Wildman–Crippen MR) is 63.4 cm³/mol. The van der Waals surface area contributed by atoms with Gasteiger partial charge in [-0.15, -0.1) is 0 Å². The molecule has 0 saturated heterocycles. The van der Waals surface area contributed by atoms with Gasteiger partial charge in [0.15, 0.2) is 0 Å². The first-order chi connectivity index (χ1) is 7.13. The quantitative estimate of drug-likeness (QED) is 0.698. The fourth-order valence-electron chi connectivity index (χ4n) is 3.31. The van der Waals surface area contributed by atoms with Gasteiger partial charge >= 0.3 is 0 Å². The van der Waals surface area contributed by atoms with E-state index in [-0.39, 0.29) is 6.10 Å². The van der Waals surface area contributed by atoms with Crippen LogP contribution < -0.4 is 0 Å². The molecule has 0 spiro atoms. The second-order valence-electron chi connectivity index (χ2n) is 5.26. The molecule has 0 fully saturated rings. The molecule has 1 unspecified atom stereocenters. The van der Waals surface area contributed by atoms with E-state index in [1.54, 1.807) is 0 Å². The van der Waals surface area contributed by atoms with Crippen LogP contribution in [0.4, 0.5) is 0 Å². The minimum atomic E-state index is -0.127. The second kappa shape index (κ2) is 4.13. The summed E-state index contributed by atoms with van der Waals surface area (Å²) in [6.07, 6.45) is 8.87. The average Bonchev–Trinajstić information content (AvgIpc) is 2.18. The molecule has 84 valence electrons. The molecule has 0 radical (unpaired) electrons. The van der Waals surface area contributed by atoms with Crippen LogP contribution in [0, 0.1) is 23.7 Å². The van der Waals surface area contributed by atoms with Gasteiger partial charge in [0.25, 0.3) is 0 Å². The average molecular weight is 206 g/mol. The molecule has 2 rings (SSSR count). The van der Waals surface area contributed by atoms with Crippen molar-refractivity contribution in [2.45, 2.75) is 39.7 Å². The van der Waals surface area contributed by atoms with Crippen molar-refractivity contribution in [3.63, 3.8) is 0 Å². The summed E-state index contributed by atoms with van der Waals surface area (Å²) in [4.78, 5) is 0. The molecule has 0 amide bonds. The van der Waals surface area contributed by atoms with Crippen molar-refractivity contribution in [3.8, 4) is 0 Å². The van der Waals surface area contributed by atoms with Crippen LogP contribution in [0.2, 0.25) is 0 Å². The Morgan fingerprint density at radius 3 is 2.80 bits per heavy atom. The Balaban J connectivity index is 2.33. The lowest BCUT2D eigenvalue weighted by Crippen LogP contribution is -2.37. The first-order valence-corrected chi connectivity index (χ1v) is 6.21. The van der Waals surface area contributed by atoms with Crippen LogP contribution in [0.3, 0.4) is 0 Å². The van der Waals surface area contributed by atoms with Crippen molar-refractivity contribution in [1.82, 2.24) is 0 Å². The number of fused-ring (bicyclic) bond motifs is 1. The maximum Gasteiger partial charge on any atom is 0.0617 e. The van der Waals surface area contributed by atoms with Crippen molar-refractivity contribution in [3.05, 3.63) is 23.8 Å². The molecule has 0 saturated carbocycles. The summed E-state index contributed by atoms with van der Waals surface area (Å²) in [7, 11) is 0. The summed E-state index contributed by atoms with van der Waals surface area (Å²) < 4.78 is 0. The normalized spacial score (nSPS) is 44.8. The molecule has 2 aliphatic rings. The van der Waals surface area contributed by atoms with Gasteiger partial charge in [-0.25, -0.2) is 0 Å². The Labute approximate surface area is 92.9 Å². The van der Waals surface area contributed by atoms with E-state index in [1.807, 2.05) is 0 Å². The molecular formula is C14H22O. The Morgan fingerprint density at radius 2 is 2.13 bits per heavy atom. The van der Waals surface area contributed by atoms with Crippen molar-refractivity contribution < 1.29 is 5.11 Å². The lowest BCUT2D eigenvalue weighted by Gasteiger charge is -2.41. The highest BCUT2D eigenvalue weighted by molar-refractivity contribution is 5.31.